The molecule has 2 heterocycles. The molecular formula is C28H38O8. The van der Waals surface area contributed by atoms with E-state index in [2.05, 4.69) is 0 Å². The Morgan fingerprint density at radius 1 is 1.08 bits per heavy atom. The summed E-state index contributed by atoms with van der Waals surface area (Å²) in [6, 6.07) is 0. The Bertz CT molecular complexity index is 1120. The van der Waals surface area contributed by atoms with Crippen molar-refractivity contribution in [3.63, 3.8) is 0 Å². The smallest absolute Gasteiger partial charge is 0.334 e. The van der Waals surface area contributed by atoms with Crippen LogP contribution in [0.5, 0.6) is 0 Å². The molecule has 198 valence electrons. The molecule has 0 aromatic carbocycles. The van der Waals surface area contributed by atoms with Crippen molar-refractivity contribution in [1.29, 1.82) is 0 Å². The van der Waals surface area contributed by atoms with Gasteiger partial charge in [0.2, 0.25) is 0 Å². The van der Waals surface area contributed by atoms with Gasteiger partial charge in [0.1, 0.15) is 29.0 Å². The molecule has 0 bridgehead atoms. The summed E-state index contributed by atoms with van der Waals surface area (Å²) in [7, 11) is 0. The minimum absolute atomic E-state index is 0.0933. The van der Waals surface area contributed by atoms with Crippen LogP contribution in [0.2, 0.25) is 0 Å². The van der Waals surface area contributed by atoms with Gasteiger partial charge in [0.05, 0.1) is 17.1 Å². The van der Waals surface area contributed by atoms with Gasteiger partial charge in [0, 0.05) is 17.4 Å². The van der Waals surface area contributed by atoms with Gasteiger partial charge in [-0.2, -0.15) is 0 Å². The van der Waals surface area contributed by atoms with E-state index in [1.807, 2.05) is 20.8 Å². The first kappa shape index (κ1) is 24.7. The maximum Gasteiger partial charge on any atom is 0.334 e. The van der Waals surface area contributed by atoms with E-state index < -0.39 is 51.4 Å². The molecule has 4 aliphatic carbocycles. The van der Waals surface area contributed by atoms with Gasteiger partial charge < -0.3 is 29.9 Å². The molecule has 0 aromatic heterocycles. The maximum atomic E-state index is 13.3. The average molecular weight is 503 g/mol. The lowest BCUT2D eigenvalue weighted by Gasteiger charge is -2.63. The predicted molar refractivity (Wildman–Crippen MR) is 127 cm³/mol. The number of rotatable bonds is 2. The number of hydrogen-bond donors (Lipinski definition) is 4. The molecule has 0 amide bonds. The molecule has 11 atom stereocenters. The molecular weight excluding hydrogens is 464 g/mol. The molecule has 0 radical (unpaired) electrons. The Kier molecular flexibility index (Phi) is 4.73. The first-order valence-electron chi connectivity index (χ1n) is 13.2. The molecule has 4 N–H and O–H groups in total. The minimum atomic E-state index is -1.81. The second kappa shape index (κ2) is 6.89. The zero-order chi connectivity index (χ0) is 26.3. The van der Waals surface area contributed by atoms with Gasteiger partial charge in [-0.25, -0.2) is 4.79 Å². The quantitative estimate of drug-likeness (QED) is 0.331. The lowest BCUT2D eigenvalue weighted by molar-refractivity contribution is -0.283. The molecule has 6 aliphatic rings. The van der Waals surface area contributed by atoms with Crippen LogP contribution >= 0.6 is 0 Å². The fourth-order valence-electron chi connectivity index (χ4n) is 9.42. The molecule has 1 saturated heterocycles. The molecule has 36 heavy (non-hydrogen) atoms. The van der Waals surface area contributed by atoms with E-state index >= 15 is 0 Å². The van der Waals surface area contributed by atoms with Crippen LogP contribution in [0.15, 0.2) is 23.3 Å². The number of carbonyl (C=O) groups excluding carboxylic acids is 2. The number of allylic oxidation sites excluding steroid dienone is 1. The summed E-state index contributed by atoms with van der Waals surface area (Å²) in [5.41, 5.74) is -6.64. The van der Waals surface area contributed by atoms with E-state index in [0.717, 1.165) is 5.57 Å². The van der Waals surface area contributed by atoms with E-state index in [9.17, 15) is 30.0 Å². The van der Waals surface area contributed by atoms with E-state index in [-0.39, 0.29) is 36.6 Å². The molecule has 2 aliphatic heterocycles. The Balaban J connectivity index is 1.39. The molecule has 0 aromatic rings. The first-order valence-corrected chi connectivity index (χ1v) is 13.2. The van der Waals surface area contributed by atoms with E-state index in [1.54, 1.807) is 6.92 Å². The van der Waals surface area contributed by atoms with Crippen molar-refractivity contribution in [2.45, 2.75) is 114 Å². The van der Waals surface area contributed by atoms with Gasteiger partial charge in [-0.1, -0.05) is 12.5 Å². The standard InChI is InChI=1S/C28H38O8/c1-14-12-20(35-22(31)15(14)2)25(5,32)27(34)11-10-26(33)17-13-21-28(36-21)19(30)7-6-18(29)24(28,4)16(17)8-9-23(26,27)3/h6-7,16-17,19-21,30,32-34H,8-13H2,1-5H3/t16-,17+,19-,20?,21+,23-,24-,25-,26+,27-,28+/m0/s1. The van der Waals surface area contributed by atoms with Gasteiger partial charge in [-0.15, -0.1) is 0 Å². The highest BCUT2D eigenvalue weighted by atomic mass is 16.6. The molecule has 4 fully saturated rings. The minimum Gasteiger partial charge on any atom is -0.455 e. The number of carbonyl (C=O) groups is 2. The highest BCUT2D eigenvalue weighted by Gasteiger charge is 2.84. The van der Waals surface area contributed by atoms with Gasteiger partial charge in [-0.3, -0.25) is 4.79 Å². The topological polar surface area (TPSA) is 137 Å². The molecule has 8 nitrogen and oxygen atoms in total. The van der Waals surface area contributed by atoms with Crippen molar-refractivity contribution in [2.75, 3.05) is 0 Å². The van der Waals surface area contributed by atoms with Crippen molar-refractivity contribution in [1.82, 2.24) is 0 Å². The van der Waals surface area contributed by atoms with Crippen molar-refractivity contribution < 1.29 is 39.5 Å². The normalized spacial score (nSPS) is 55.2. The van der Waals surface area contributed by atoms with Crippen LogP contribution in [0.4, 0.5) is 0 Å². The number of aliphatic hydroxyl groups is 4. The second-order valence-electron chi connectivity index (χ2n) is 13.0. The molecule has 1 unspecified atom stereocenters. The third-order valence-corrected chi connectivity index (χ3v) is 12.1. The third kappa shape index (κ3) is 2.40. The van der Waals surface area contributed by atoms with Crippen LogP contribution in [-0.2, 0) is 19.1 Å². The molecule has 3 saturated carbocycles. The summed E-state index contributed by atoms with van der Waals surface area (Å²) < 4.78 is 11.7. The Hall–Kier alpha value is -1.58. The number of epoxide rings is 1. The van der Waals surface area contributed by atoms with E-state index in [1.165, 1.54) is 19.1 Å². The zero-order valence-electron chi connectivity index (χ0n) is 21.7. The van der Waals surface area contributed by atoms with Gasteiger partial charge in [-0.05, 0) is 83.8 Å². The van der Waals surface area contributed by atoms with Crippen LogP contribution in [0.3, 0.4) is 0 Å². The summed E-state index contributed by atoms with van der Waals surface area (Å²) in [6.07, 6.45) is 2.84. The Labute approximate surface area is 211 Å². The molecule has 6 rings (SSSR count). The van der Waals surface area contributed by atoms with Gasteiger partial charge in [0.15, 0.2) is 5.78 Å². The number of cyclic esters (lactones) is 1. The Morgan fingerprint density at radius 3 is 2.44 bits per heavy atom. The van der Waals surface area contributed by atoms with Crippen LogP contribution < -0.4 is 0 Å². The van der Waals surface area contributed by atoms with Crippen LogP contribution in [-0.4, -0.2) is 72.9 Å². The molecule has 8 heteroatoms. The predicted octanol–water partition coefficient (Wildman–Crippen LogP) is 1.73. The van der Waals surface area contributed by atoms with Crippen LogP contribution in [0.1, 0.15) is 73.1 Å². The number of esters is 1. The summed E-state index contributed by atoms with van der Waals surface area (Å²) in [5, 5.41) is 47.5. The summed E-state index contributed by atoms with van der Waals surface area (Å²) in [5.74, 6) is -1.19. The van der Waals surface area contributed by atoms with Crippen LogP contribution in [0.25, 0.3) is 0 Å². The number of ether oxygens (including phenoxy) is 2. The second-order valence-corrected chi connectivity index (χ2v) is 13.0. The largest absolute Gasteiger partial charge is 0.455 e. The monoisotopic (exact) mass is 502 g/mol. The van der Waals surface area contributed by atoms with Crippen molar-refractivity contribution >= 4 is 11.8 Å². The number of fused-ring (bicyclic) bond motifs is 4. The third-order valence-electron chi connectivity index (χ3n) is 12.1. The van der Waals surface area contributed by atoms with Crippen molar-refractivity contribution in [2.24, 2.45) is 22.7 Å². The summed E-state index contributed by atoms with van der Waals surface area (Å²) in [4.78, 5) is 25.8. The molecule has 1 spiro atoms. The van der Waals surface area contributed by atoms with Gasteiger partial charge >= 0.3 is 5.97 Å². The SMILES string of the molecule is CC1=C(C)C(=O)OC([C@](C)(O)[C@]2(O)CC[C@@]3(O)[C@@H]4C[C@H]5O[C@]56[C@@H](O)C=CC(=O)[C@]6(C)[C@H]4CC[C@]23C)C1. The zero-order valence-corrected chi connectivity index (χ0v) is 21.7. The van der Waals surface area contributed by atoms with Crippen molar-refractivity contribution in [3.8, 4) is 0 Å². The number of ketones is 1. The van der Waals surface area contributed by atoms with Gasteiger partial charge in [0.25, 0.3) is 0 Å². The van der Waals surface area contributed by atoms with E-state index in [4.69, 9.17) is 9.47 Å². The Morgan fingerprint density at radius 2 is 1.78 bits per heavy atom. The fraction of sp³-hybridized carbons (Fsp3) is 0.786. The number of hydrogen-bond acceptors (Lipinski definition) is 8. The summed E-state index contributed by atoms with van der Waals surface area (Å²) >= 11 is 0. The lowest BCUT2D eigenvalue weighted by atomic mass is 9.42. The average Bonchev–Trinajstić information content (AvgIpc) is 3.51. The summed E-state index contributed by atoms with van der Waals surface area (Å²) in [6.45, 7) is 8.73. The van der Waals surface area contributed by atoms with Crippen LogP contribution in [0, 0.1) is 22.7 Å². The highest BCUT2D eigenvalue weighted by Crippen LogP contribution is 2.75. The lowest BCUT2D eigenvalue weighted by Crippen LogP contribution is -2.73. The first-order chi connectivity index (χ1) is 16.6. The van der Waals surface area contributed by atoms with Crippen molar-refractivity contribution in [3.05, 3.63) is 23.3 Å². The highest BCUT2D eigenvalue weighted by molar-refractivity contribution is 5.98. The number of aliphatic hydroxyl groups excluding tert-OH is 1. The van der Waals surface area contributed by atoms with E-state index in [0.29, 0.717) is 31.3 Å². The fourth-order valence-corrected chi connectivity index (χ4v) is 9.42. The maximum absolute atomic E-state index is 13.3.